The van der Waals surface area contributed by atoms with Crippen molar-refractivity contribution in [2.24, 2.45) is 0 Å². The molecule has 0 saturated carbocycles. The molecule has 1 aliphatic heterocycles. The Balaban J connectivity index is 2.54. The molecule has 0 unspecified atom stereocenters. The molecule has 2 rings (SSSR count). The Bertz CT molecular complexity index is 174. The van der Waals surface area contributed by atoms with Crippen molar-refractivity contribution in [3.63, 3.8) is 0 Å². The summed E-state index contributed by atoms with van der Waals surface area (Å²) >= 11 is 1.92. The summed E-state index contributed by atoms with van der Waals surface area (Å²) < 4.78 is 5.16. The topological polar surface area (TPSA) is 13.1 Å². The lowest BCUT2D eigenvalue weighted by molar-refractivity contribution is 0.530. The number of fused-ring (bicyclic) bond motifs is 1. The first-order valence-corrected chi connectivity index (χ1v) is 3.75. The lowest BCUT2D eigenvalue weighted by atomic mass is 10.3. The van der Waals surface area contributed by atoms with Crippen LogP contribution in [0.4, 0.5) is 0 Å². The summed E-state index contributed by atoms with van der Waals surface area (Å²) in [6, 6.07) is 2.05. The van der Waals surface area contributed by atoms with E-state index in [-0.39, 0.29) is 0 Å². The zero-order chi connectivity index (χ0) is 5.40. The van der Waals surface area contributed by atoms with Crippen LogP contribution in [-0.2, 0) is 11.5 Å². The van der Waals surface area contributed by atoms with Crippen molar-refractivity contribution in [2.75, 3.05) is 0 Å². The highest BCUT2D eigenvalue weighted by molar-refractivity contribution is 7.98. The average Bonchev–Trinajstić information content (AvgIpc) is 2.15. The molecule has 0 bridgehead atoms. The third-order valence-corrected chi connectivity index (χ3v) is 2.31. The van der Waals surface area contributed by atoms with Crippen molar-refractivity contribution < 1.29 is 4.42 Å². The van der Waals surface area contributed by atoms with Crippen LogP contribution in [0.2, 0.25) is 0 Å². The Kier molecular flexibility index (Phi) is 0.875. The van der Waals surface area contributed by atoms with Crippen LogP contribution in [0.25, 0.3) is 0 Å². The predicted octanol–water partition coefficient (Wildman–Crippen LogP) is 2.03. The fourth-order valence-corrected chi connectivity index (χ4v) is 1.89. The Morgan fingerprint density at radius 1 is 1.50 bits per heavy atom. The molecule has 1 aliphatic rings. The van der Waals surface area contributed by atoms with E-state index >= 15 is 0 Å². The van der Waals surface area contributed by atoms with Crippen LogP contribution in [0.1, 0.15) is 11.3 Å². The van der Waals surface area contributed by atoms with Crippen LogP contribution in [0.15, 0.2) is 16.7 Å². The maximum Gasteiger partial charge on any atom is 0.117 e. The van der Waals surface area contributed by atoms with Gasteiger partial charge in [-0.15, -0.1) is 11.8 Å². The van der Waals surface area contributed by atoms with Gasteiger partial charge in [-0.1, -0.05) is 0 Å². The molecule has 0 amide bonds. The highest BCUT2D eigenvalue weighted by Crippen LogP contribution is 2.29. The molecular weight excluding hydrogens is 120 g/mol. The largest absolute Gasteiger partial charge is 0.468 e. The number of thioether (sulfide) groups is 1. The second-order valence-corrected chi connectivity index (χ2v) is 2.85. The fourth-order valence-electron chi connectivity index (χ4n) is 0.876. The maximum atomic E-state index is 5.16. The summed E-state index contributed by atoms with van der Waals surface area (Å²) in [6.45, 7) is 0. The molecule has 0 saturated heterocycles. The van der Waals surface area contributed by atoms with Crippen LogP contribution in [-0.4, -0.2) is 0 Å². The molecule has 2 heterocycles. The van der Waals surface area contributed by atoms with E-state index in [9.17, 15) is 0 Å². The van der Waals surface area contributed by atoms with Crippen molar-refractivity contribution in [3.05, 3.63) is 23.7 Å². The van der Waals surface area contributed by atoms with E-state index in [1.807, 2.05) is 11.8 Å². The molecule has 0 spiro atoms. The van der Waals surface area contributed by atoms with E-state index in [0.717, 1.165) is 11.5 Å². The summed E-state index contributed by atoms with van der Waals surface area (Å²) in [5.74, 6) is 3.39. The van der Waals surface area contributed by atoms with Gasteiger partial charge in [0, 0.05) is 11.3 Å². The minimum atomic E-state index is 1.07. The van der Waals surface area contributed by atoms with Gasteiger partial charge < -0.3 is 4.42 Å². The quantitative estimate of drug-likeness (QED) is 0.527. The molecule has 0 aromatic carbocycles. The average molecular weight is 126 g/mol. The SMILES string of the molecule is c1cc2c(o1)CSC2. The third-order valence-electron chi connectivity index (χ3n) is 1.33. The summed E-state index contributed by atoms with van der Waals surface area (Å²) in [7, 11) is 0. The predicted molar refractivity (Wildman–Crippen MR) is 33.7 cm³/mol. The molecule has 0 aliphatic carbocycles. The zero-order valence-corrected chi connectivity index (χ0v) is 5.20. The van der Waals surface area contributed by atoms with Gasteiger partial charge in [-0.05, 0) is 6.07 Å². The van der Waals surface area contributed by atoms with Crippen LogP contribution in [0.3, 0.4) is 0 Å². The summed E-state index contributed by atoms with van der Waals surface area (Å²) in [4.78, 5) is 0. The first kappa shape index (κ1) is 4.50. The van der Waals surface area contributed by atoms with Gasteiger partial charge >= 0.3 is 0 Å². The Morgan fingerprint density at radius 2 is 2.50 bits per heavy atom. The van der Waals surface area contributed by atoms with Gasteiger partial charge in [0.15, 0.2) is 0 Å². The van der Waals surface area contributed by atoms with Crippen LogP contribution < -0.4 is 0 Å². The Labute approximate surface area is 52.1 Å². The molecule has 0 atom stereocenters. The van der Waals surface area contributed by atoms with Gasteiger partial charge in [0.1, 0.15) is 5.76 Å². The van der Waals surface area contributed by atoms with Gasteiger partial charge in [0.05, 0.1) is 12.0 Å². The zero-order valence-electron chi connectivity index (χ0n) is 4.39. The van der Waals surface area contributed by atoms with E-state index in [0.29, 0.717) is 0 Å². The van der Waals surface area contributed by atoms with Gasteiger partial charge in [0.2, 0.25) is 0 Å². The smallest absolute Gasteiger partial charge is 0.117 e. The van der Waals surface area contributed by atoms with E-state index in [4.69, 9.17) is 4.42 Å². The maximum absolute atomic E-state index is 5.16. The minimum absolute atomic E-state index is 1.07. The summed E-state index contributed by atoms with van der Waals surface area (Å²) in [5, 5.41) is 0. The van der Waals surface area contributed by atoms with Crippen molar-refractivity contribution in [3.8, 4) is 0 Å². The first-order valence-electron chi connectivity index (χ1n) is 2.60. The van der Waals surface area contributed by atoms with Crippen molar-refractivity contribution in [1.29, 1.82) is 0 Å². The summed E-state index contributed by atoms with van der Waals surface area (Å²) in [5.41, 5.74) is 1.38. The fraction of sp³-hybridized carbons (Fsp3) is 0.333. The van der Waals surface area contributed by atoms with Crippen molar-refractivity contribution >= 4 is 11.8 Å². The molecule has 0 radical (unpaired) electrons. The van der Waals surface area contributed by atoms with Gasteiger partial charge in [-0.2, -0.15) is 0 Å². The number of furan rings is 1. The molecule has 2 heteroatoms. The number of rotatable bonds is 0. The molecule has 0 fully saturated rings. The minimum Gasteiger partial charge on any atom is -0.468 e. The second kappa shape index (κ2) is 1.55. The standard InChI is InChI=1S/C6H6OS/c1-2-7-6-4-8-3-5(1)6/h1-2H,3-4H2. The van der Waals surface area contributed by atoms with Gasteiger partial charge in [-0.25, -0.2) is 0 Å². The highest BCUT2D eigenvalue weighted by atomic mass is 32.2. The van der Waals surface area contributed by atoms with Crippen LogP contribution in [0, 0.1) is 0 Å². The Hall–Kier alpha value is -0.370. The lowest BCUT2D eigenvalue weighted by Gasteiger charge is -1.78. The van der Waals surface area contributed by atoms with Crippen LogP contribution >= 0.6 is 11.8 Å². The Morgan fingerprint density at radius 3 is 3.38 bits per heavy atom. The molecular formula is C6H6OS. The third kappa shape index (κ3) is 0.494. The van der Waals surface area contributed by atoms with Gasteiger partial charge in [-0.3, -0.25) is 0 Å². The molecule has 42 valence electrons. The van der Waals surface area contributed by atoms with Crippen LogP contribution in [0.5, 0.6) is 0 Å². The van der Waals surface area contributed by atoms with Crippen molar-refractivity contribution in [1.82, 2.24) is 0 Å². The summed E-state index contributed by atoms with van der Waals surface area (Å²) in [6.07, 6.45) is 1.77. The second-order valence-electron chi connectivity index (χ2n) is 1.86. The molecule has 0 N–H and O–H groups in total. The van der Waals surface area contributed by atoms with E-state index in [1.165, 1.54) is 11.3 Å². The lowest BCUT2D eigenvalue weighted by Crippen LogP contribution is -1.66. The number of hydrogen-bond acceptors (Lipinski definition) is 2. The van der Waals surface area contributed by atoms with Gasteiger partial charge in [0.25, 0.3) is 0 Å². The molecule has 1 nitrogen and oxygen atoms in total. The highest BCUT2D eigenvalue weighted by Gasteiger charge is 2.12. The molecule has 1 aromatic rings. The van der Waals surface area contributed by atoms with Crippen molar-refractivity contribution in [2.45, 2.75) is 11.5 Å². The van der Waals surface area contributed by atoms with E-state index in [1.54, 1.807) is 6.26 Å². The molecule has 1 aromatic heterocycles. The number of hydrogen-bond donors (Lipinski definition) is 0. The molecule has 8 heavy (non-hydrogen) atoms. The van der Waals surface area contributed by atoms with E-state index < -0.39 is 0 Å². The normalized spacial score (nSPS) is 16.5. The monoisotopic (exact) mass is 126 g/mol. The van der Waals surface area contributed by atoms with E-state index in [2.05, 4.69) is 6.07 Å². The first-order chi connectivity index (χ1) is 3.97.